The highest BCUT2D eigenvalue weighted by atomic mass is 127. The Kier molecular flexibility index (Phi) is 3.94. The van der Waals surface area contributed by atoms with Crippen LogP contribution in [0.4, 0.5) is 5.88 Å². The summed E-state index contributed by atoms with van der Waals surface area (Å²) in [5, 5.41) is 12.8. The predicted molar refractivity (Wildman–Crippen MR) is 76.3 cm³/mol. The van der Waals surface area contributed by atoms with Crippen LogP contribution < -0.4 is 5.43 Å². The van der Waals surface area contributed by atoms with E-state index in [9.17, 15) is 0 Å². The number of nitriles is 1. The number of anilines is 1. The van der Waals surface area contributed by atoms with E-state index in [0.717, 1.165) is 9.13 Å². The molecule has 1 aromatic carbocycles. The zero-order valence-corrected chi connectivity index (χ0v) is 11.7. The molecule has 0 fully saturated rings. The van der Waals surface area contributed by atoms with E-state index in [0.29, 0.717) is 5.89 Å². The number of nitrogens with one attached hydrogen (secondary N) is 1. The lowest BCUT2D eigenvalue weighted by atomic mass is 10.2. The molecule has 18 heavy (non-hydrogen) atoms. The topological polar surface area (TPSA) is 74.2 Å². The van der Waals surface area contributed by atoms with Gasteiger partial charge in [0, 0.05) is 10.5 Å². The normalized spacial score (nSPS) is 10.5. The van der Waals surface area contributed by atoms with Crippen LogP contribution in [0.2, 0.25) is 0 Å². The highest BCUT2D eigenvalue weighted by Gasteiger charge is 2.08. The molecular weight excluding hydrogens is 343 g/mol. The largest absolute Gasteiger partial charge is 0.422 e. The number of rotatable bonds is 3. The molecule has 2 rings (SSSR count). The Morgan fingerprint density at radius 3 is 2.83 bits per heavy atom. The van der Waals surface area contributed by atoms with Gasteiger partial charge in [0.05, 0.1) is 6.21 Å². The number of halogens is 1. The molecule has 0 radical (unpaired) electrons. The van der Waals surface area contributed by atoms with Gasteiger partial charge < -0.3 is 4.42 Å². The van der Waals surface area contributed by atoms with E-state index in [4.69, 9.17) is 9.68 Å². The first kappa shape index (κ1) is 12.6. The number of hydrogen-bond acceptors (Lipinski definition) is 5. The fourth-order valence-electron chi connectivity index (χ4n) is 1.29. The Labute approximate surface area is 118 Å². The minimum Gasteiger partial charge on any atom is -0.422 e. The molecule has 0 saturated heterocycles. The van der Waals surface area contributed by atoms with E-state index >= 15 is 0 Å². The maximum Gasteiger partial charge on any atom is 0.252 e. The second kappa shape index (κ2) is 5.64. The molecule has 1 heterocycles. The quantitative estimate of drug-likeness (QED) is 0.524. The molecule has 5 nitrogen and oxygen atoms in total. The summed E-state index contributed by atoms with van der Waals surface area (Å²) in [5.41, 5.74) is 3.82. The van der Waals surface area contributed by atoms with Crippen LogP contribution in [-0.2, 0) is 0 Å². The van der Waals surface area contributed by atoms with Crippen molar-refractivity contribution >= 4 is 34.7 Å². The number of nitrogens with zero attached hydrogens (tertiary/aromatic N) is 3. The Morgan fingerprint density at radius 1 is 1.44 bits per heavy atom. The van der Waals surface area contributed by atoms with E-state index in [1.165, 1.54) is 0 Å². The molecule has 0 amide bonds. The van der Waals surface area contributed by atoms with E-state index < -0.39 is 0 Å². The second-order valence-electron chi connectivity index (χ2n) is 3.44. The molecule has 0 atom stereocenters. The number of aromatic nitrogens is 1. The average Bonchev–Trinajstić information content (AvgIpc) is 2.72. The summed E-state index contributed by atoms with van der Waals surface area (Å²) in [5.74, 6) is 0.690. The van der Waals surface area contributed by atoms with Crippen molar-refractivity contribution in [3.05, 3.63) is 45.0 Å². The van der Waals surface area contributed by atoms with Gasteiger partial charge in [0.25, 0.3) is 5.88 Å². The Morgan fingerprint density at radius 2 is 2.17 bits per heavy atom. The van der Waals surface area contributed by atoms with Crippen LogP contribution in [0.5, 0.6) is 0 Å². The lowest BCUT2D eigenvalue weighted by Crippen LogP contribution is -1.91. The van der Waals surface area contributed by atoms with Gasteiger partial charge >= 0.3 is 0 Å². The van der Waals surface area contributed by atoms with E-state index in [2.05, 4.69) is 38.1 Å². The summed E-state index contributed by atoms with van der Waals surface area (Å²) < 4.78 is 6.37. The number of aryl methyl sites for hydroxylation is 1. The molecule has 0 aliphatic heterocycles. The van der Waals surface area contributed by atoms with E-state index in [1.807, 2.05) is 30.3 Å². The lowest BCUT2D eigenvalue weighted by Gasteiger charge is -1.95. The summed E-state index contributed by atoms with van der Waals surface area (Å²) >= 11 is 2.24. The first-order valence-electron chi connectivity index (χ1n) is 5.11. The summed E-state index contributed by atoms with van der Waals surface area (Å²) in [4.78, 5) is 3.90. The van der Waals surface area contributed by atoms with Crippen LogP contribution in [0.25, 0.3) is 0 Å². The minimum absolute atomic E-state index is 0.201. The van der Waals surface area contributed by atoms with Gasteiger partial charge in [-0.2, -0.15) is 10.4 Å². The molecule has 0 aliphatic carbocycles. The van der Waals surface area contributed by atoms with Crippen molar-refractivity contribution in [1.29, 1.82) is 5.26 Å². The Hall–Kier alpha value is -1.88. The van der Waals surface area contributed by atoms with Crippen molar-refractivity contribution in [1.82, 2.24) is 4.98 Å². The number of hydrogen-bond donors (Lipinski definition) is 1. The van der Waals surface area contributed by atoms with E-state index in [-0.39, 0.29) is 11.6 Å². The summed E-state index contributed by atoms with van der Waals surface area (Å²) in [6, 6.07) is 9.80. The van der Waals surface area contributed by atoms with Crippen LogP contribution >= 0.6 is 22.6 Å². The summed E-state index contributed by atoms with van der Waals surface area (Å²) in [7, 11) is 0. The lowest BCUT2D eigenvalue weighted by molar-refractivity contribution is 0.533. The molecule has 0 saturated carbocycles. The van der Waals surface area contributed by atoms with Gasteiger partial charge in [0.2, 0.25) is 5.69 Å². The number of oxazole rings is 1. The maximum absolute atomic E-state index is 8.81. The van der Waals surface area contributed by atoms with Crippen LogP contribution in [0.3, 0.4) is 0 Å². The van der Waals surface area contributed by atoms with Crippen LogP contribution in [0.1, 0.15) is 17.1 Å². The number of benzene rings is 1. The first-order chi connectivity index (χ1) is 8.69. The monoisotopic (exact) mass is 352 g/mol. The van der Waals surface area contributed by atoms with Gasteiger partial charge in [-0.15, -0.1) is 0 Å². The average molecular weight is 352 g/mol. The fraction of sp³-hybridized carbons (Fsp3) is 0.0833. The molecule has 90 valence electrons. The molecule has 0 aliphatic rings. The summed E-state index contributed by atoms with van der Waals surface area (Å²) in [6.45, 7) is 1.68. The fourth-order valence-corrected chi connectivity index (χ4v) is 1.65. The molecular formula is C12H9IN4O. The molecule has 2 aromatic rings. The second-order valence-corrected chi connectivity index (χ2v) is 4.69. The van der Waals surface area contributed by atoms with Gasteiger partial charge in [0.1, 0.15) is 6.07 Å². The van der Waals surface area contributed by atoms with Gasteiger partial charge in [-0.3, -0.25) is 0 Å². The van der Waals surface area contributed by atoms with Gasteiger partial charge in [-0.1, -0.05) is 12.1 Å². The third kappa shape index (κ3) is 3.07. The molecule has 1 N–H and O–H groups in total. The standard InChI is InChI=1S/C12H9IN4O/c1-8-16-11(6-14)12(18-8)17-15-7-9-2-4-10(13)5-3-9/h2-5,7,17H,1H3/b15-7+. The third-order valence-electron chi connectivity index (χ3n) is 2.09. The first-order valence-corrected chi connectivity index (χ1v) is 6.19. The summed E-state index contributed by atoms with van der Waals surface area (Å²) in [6.07, 6.45) is 1.65. The van der Waals surface area contributed by atoms with Gasteiger partial charge in [-0.05, 0) is 40.3 Å². The van der Waals surface area contributed by atoms with Crippen molar-refractivity contribution in [2.24, 2.45) is 5.10 Å². The van der Waals surface area contributed by atoms with Gasteiger partial charge in [-0.25, -0.2) is 10.4 Å². The minimum atomic E-state index is 0.201. The molecule has 0 unspecified atom stereocenters. The Bertz CT molecular complexity index is 610. The SMILES string of the molecule is Cc1nc(C#N)c(N/N=C/c2ccc(I)cc2)o1. The van der Waals surface area contributed by atoms with Crippen LogP contribution in [0.15, 0.2) is 33.8 Å². The van der Waals surface area contributed by atoms with Crippen molar-refractivity contribution in [2.45, 2.75) is 6.92 Å². The predicted octanol–water partition coefficient (Wildman–Crippen LogP) is 2.91. The van der Waals surface area contributed by atoms with Gasteiger partial charge in [0.15, 0.2) is 5.89 Å². The Balaban J connectivity index is 2.07. The van der Waals surface area contributed by atoms with Crippen molar-refractivity contribution < 1.29 is 4.42 Å². The maximum atomic E-state index is 8.81. The zero-order chi connectivity index (χ0) is 13.0. The van der Waals surface area contributed by atoms with Crippen molar-refractivity contribution in [3.63, 3.8) is 0 Å². The third-order valence-corrected chi connectivity index (χ3v) is 2.81. The van der Waals surface area contributed by atoms with Crippen LogP contribution in [-0.4, -0.2) is 11.2 Å². The highest BCUT2D eigenvalue weighted by molar-refractivity contribution is 14.1. The van der Waals surface area contributed by atoms with Crippen molar-refractivity contribution in [3.8, 4) is 6.07 Å². The molecule has 1 aromatic heterocycles. The zero-order valence-electron chi connectivity index (χ0n) is 9.51. The molecule has 6 heteroatoms. The molecule has 0 bridgehead atoms. The van der Waals surface area contributed by atoms with Crippen molar-refractivity contribution in [2.75, 3.05) is 5.43 Å². The molecule has 0 spiro atoms. The number of hydrazone groups is 1. The van der Waals surface area contributed by atoms with Crippen LogP contribution in [0, 0.1) is 21.8 Å². The smallest absolute Gasteiger partial charge is 0.252 e. The highest BCUT2D eigenvalue weighted by Crippen LogP contribution is 2.15. The van der Waals surface area contributed by atoms with E-state index in [1.54, 1.807) is 13.1 Å².